The van der Waals surface area contributed by atoms with Crippen LogP contribution in [0.1, 0.15) is 32.6 Å². The molecule has 5 heteroatoms. The lowest BCUT2D eigenvalue weighted by molar-refractivity contribution is 0.135. The molecule has 0 heterocycles. The summed E-state index contributed by atoms with van der Waals surface area (Å²) in [5.74, 6) is 0.655. The van der Waals surface area contributed by atoms with E-state index in [1.165, 1.54) is 4.31 Å². The van der Waals surface area contributed by atoms with Gasteiger partial charge in [-0.3, -0.25) is 0 Å². The Morgan fingerprint density at radius 3 is 2.30 bits per heavy atom. The number of benzene rings is 1. The fourth-order valence-electron chi connectivity index (χ4n) is 2.95. The van der Waals surface area contributed by atoms with Crippen LogP contribution in [0.5, 0.6) is 0 Å². The molecule has 1 saturated carbocycles. The first-order valence-electron chi connectivity index (χ1n) is 7.16. The zero-order chi connectivity index (χ0) is 14.8. The highest BCUT2D eigenvalue weighted by Gasteiger charge is 2.42. The predicted octanol–water partition coefficient (Wildman–Crippen LogP) is 2.21. The van der Waals surface area contributed by atoms with Gasteiger partial charge in [-0.25, -0.2) is 8.42 Å². The maximum absolute atomic E-state index is 12.7. The SMILES string of the molecule is CC1CCC(CN)(N(C)S(=O)(=O)c2ccccc2)CC1. The lowest BCUT2D eigenvalue weighted by Crippen LogP contribution is -2.55. The summed E-state index contributed by atoms with van der Waals surface area (Å²) >= 11 is 0. The third-order valence-electron chi connectivity index (χ3n) is 4.65. The lowest BCUT2D eigenvalue weighted by atomic mass is 9.77. The largest absolute Gasteiger partial charge is 0.329 e. The number of hydrogen-bond acceptors (Lipinski definition) is 3. The molecule has 20 heavy (non-hydrogen) atoms. The number of rotatable bonds is 4. The molecule has 0 amide bonds. The van der Waals surface area contributed by atoms with Gasteiger partial charge in [-0.1, -0.05) is 25.1 Å². The first-order chi connectivity index (χ1) is 9.42. The predicted molar refractivity (Wildman–Crippen MR) is 80.8 cm³/mol. The van der Waals surface area contributed by atoms with E-state index in [4.69, 9.17) is 5.73 Å². The van der Waals surface area contributed by atoms with Crippen LogP contribution in [0, 0.1) is 5.92 Å². The molecule has 2 rings (SSSR count). The summed E-state index contributed by atoms with van der Waals surface area (Å²) in [6.07, 6.45) is 3.75. The quantitative estimate of drug-likeness (QED) is 0.926. The van der Waals surface area contributed by atoms with Crippen LogP contribution in [0.15, 0.2) is 35.2 Å². The average Bonchev–Trinajstić information content (AvgIpc) is 2.48. The van der Waals surface area contributed by atoms with Gasteiger partial charge in [-0.05, 0) is 43.7 Å². The molecule has 112 valence electrons. The van der Waals surface area contributed by atoms with Crippen molar-refractivity contribution in [2.45, 2.75) is 43.0 Å². The molecule has 0 radical (unpaired) electrons. The van der Waals surface area contributed by atoms with Crippen molar-refractivity contribution in [1.29, 1.82) is 0 Å². The molecule has 1 aromatic rings. The zero-order valence-electron chi connectivity index (χ0n) is 12.2. The zero-order valence-corrected chi connectivity index (χ0v) is 13.1. The molecule has 1 fully saturated rings. The van der Waals surface area contributed by atoms with Crippen LogP contribution in [-0.4, -0.2) is 31.9 Å². The molecule has 0 aromatic heterocycles. The first-order valence-corrected chi connectivity index (χ1v) is 8.60. The van der Waals surface area contributed by atoms with E-state index in [1.807, 2.05) is 6.07 Å². The normalized spacial score (nSPS) is 27.7. The van der Waals surface area contributed by atoms with Crippen LogP contribution in [0.2, 0.25) is 0 Å². The summed E-state index contributed by atoms with van der Waals surface area (Å²) < 4.78 is 27.0. The highest BCUT2D eigenvalue weighted by atomic mass is 32.2. The van der Waals surface area contributed by atoms with Gasteiger partial charge < -0.3 is 5.73 Å². The molecule has 0 saturated heterocycles. The van der Waals surface area contributed by atoms with E-state index >= 15 is 0 Å². The van der Waals surface area contributed by atoms with E-state index in [1.54, 1.807) is 31.3 Å². The molecule has 4 nitrogen and oxygen atoms in total. The molecular weight excluding hydrogens is 272 g/mol. The minimum Gasteiger partial charge on any atom is -0.329 e. The van der Waals surface area contributed by atoms with E-state index in [-0.39, 0.29) is 0 Å². The van der Waals surface area contributed by atoms with E-state index in [2.05, 4.69) is 6.92 Å². The molecule has 1 aliphatic carbocycles. The minimum absolute atomic E-state index is 0.342. The van der Waals surface area contributed by atoms with Crippen molar-refractivity contribution in [3.63, 3.8) is 0 Å². The number of hydrogen-bond donors (Lipinski definition) is 1. The van der Waals surface area contributed by atoms with Crippen molar-refractivity contribution in [1.82, 2.24) is 4.31 Å². The van der Waals surface area contributed by atoms with Gasteiger partial charge >= 0.3 is 0 Å². The Kier molecular flexibility index (Phi) is 4.52. The van der Waals surface area contributed by atoms with E-state index < -0.39 is 15.6 Å². The van der Waals surface area contributed by atoms with Crippen molar-refractivity contribution in [3.05, 3.63) is 30.3 Å². The standard InChI is InChI=1S/C15H24N2O2S/c1-13-8-10-15(12-16,11-9-13)17(2)20(18,19)14-6-4-3-5-7-14/h3-7,13H,8-12,16H2,1-2H3. The van der Waals surface area contributed by atoms with Gasteiger partial charge in [0.15, 0.2) is 0 Å². The second-order valence-electron chi connectivity index (χ2n) is 5.90. The molecule has 0 spiro atoms. The summed E-state index contributed by atoms with van der Waals surface area (Å²) in [6, 6.07) is 8.60. The molecule has 1 aliphatic rings. The summed E-state index contributed by atoms with van der Waals surface area (Å²) in [5.41, 5.74) is 5.52. The molecule has 1 aromatic carbocycles. The summed E-state index contributed by atoms with van der Waals surface area (Å²) in [7, 11) is -1.80. The number of likely N-dealkylation sites (N-methyl/N-ethyl adjacent to an activating group) is 1. The Bertz CT molecular complexity index is 534. The van der Waals surface area contributed by atoms with Crippen molar-refractivity contribution in [3.8, 4) is 0 Å². The maximum Gasteiger partial charge on any atom is 0.243 e. The van der Waals surface area contributed by atoms with Crippen LogP contribution in [-0.2, 0) is 10.0 Å². The summed E-state index contributed by atoms with van der Waals surface area (Å²) in [4.78, 5) is 0.342. The molecule has 0 bridgehead atoms. The molecular formula is C15H24N2O2S. The third-order valence-corrected chi connectivity index (χ3v) is 6.63. The Hall–Kier alpha value is -0.910. The Labute approximate surface area is 122 Å². The topological polar surface area (TPSA) is 63.4 Å². The lowest BCUT2D eigenvalue weighted by Gasteiger charge is -2.44. The van der Waals surface area contributed by atoms with Crippen molar-refractivity contribution in [2.24, 2.45) is 11.7 Å². The van der Waals surface area contributed by atoms with Gasteiger partial charge in [-0.2, -0.15) is 4.31 Å². The smallest absolute Gasteiger partial charge is 0.243 e. The van der Waals surface area contributed by atoms with E-state index in [0.29, 0.717) is 17.4 Å². The summed E-state index contributed by atoms with van der Waals surface area (Å²) in [5, 5.41) is 0. The van der Waals surface area contributed by atoms with E-state index in [9.17, 15) is 8.42 Å². The van der Waals surface area contributed by atoms with Crippen LogP contribution < -0.4 is 5.73 Å². The van der Waals surface area contributed by atoms with Gasteiger partial charge in [0.2, 0.25) is 10.0 Å². The van der Waals surface area contributed by atoms with Crippen molar-refractivity contribution < 1.29 is 8.42 Å². The van der Waals surface area contributed by atoms with Crippen LogP contribution in [0.3, 0.4) is 0 Å². The molecule has 0 unspecified atom stereocenters. The number of nitrogens with two attached hydrogens (primary N) is 1. The summed E-state index contributed by atoms with van der Waals surface area (Å²) in [6.45, 7) is 2.59. The minimum atomic E-state index is -3.47. The van der Waals surface area contributed by atoms with Crippen molar-refractivity contribution in [2.75, 3.05) is 13.6 Å². The second-order valence-corrected chi connectivity index (χ2v) is 7.87. The van der Waals surface area contributed by atoms with Crippen LogP contribution >= 0.6 is 0 Å². The fraction of sp³-hybridized carbons (Fsp3) is 0.600. The maximum atomic E-state index is 12.7. The van der Waals surface area contributed by atoms with Gasteiger partial charge in [0.05, 0.1) is 4.90 Å². The molecule has 0 aliphatic heterocycles. The Balaban J connectivity index is 2.31. The highest BCUT2D eigenvalue weighted by molar-refractivity contribution is 7.89. The molecule has 0 atom stereocenters. The van der Waals surface area contributed by atoms with E-state index in [0.717, 1.165) is 25.7 Å². The van der Waals surface area contributed by atoms with Gasteiger partial charge in [-0.15, -0.1) is 0 Å². The average molecular weight is 296 g/mol. The van der Waals surface area contributed by atoms with Crippen LogP contribution in [0.25, 0.3) is 0 Å². The molecule has 2 N–H and O–H groups in total. The van der Waals surface area contributed by atoms with Crippen LogP contribution in [0.4, 0.5) is 0 Å². The highest BCUT2D eigenvalue weighted by Crippen LogP contribution is 2.37. The second kappa shape index (κ2) is 5.84. The van der Waals surface area contributed by atoms with Gasteiger partial charge in [0.1, 0.15) is 0 Å². The van der Waals surface area contributed by atoms with Crippen molar-refractivity contribution >= 4 is 10.0 Å². The fourth-order valence-corrected chi connectivity index (χ4v) is 4.54. The van der Waals surface area contributed by atoms with Gasteiger partial charge in [0.25, 0.3) is 0 Å². The Morgan fingerprint density at radius 1 is 1.25 bits per heavy atom. The Morgan fingerprint density at radius 2 is 1.80 bits per heavy atom. The monoisotopic (exact) mass is 296 g/mol. The number of sulfonamides is 1. The number of nitrogens with zero attached hydrogens (tertiary/aromatic N) is 1. The third kappa shape index (κ3) is 2.75. The first kappa shape index (κ1) is 15.5. The van der Waals surface area contributed by atoms with Gasteiger partial charge in [0, 0.05) is 19.1 Å².